The molecule has 0 amide bonds. The van der Waals surface area contributed by atoms with Crippen molar-refractivity contribution in [2.75, 3.05) is 6.61 Å². The molecule has 5 heteroatoms. The molecule has 1 fully saturated rings. The van der Waals surface area contributed by atoms with E-state index in [9.17, 15) is 0 Å². The molecular weight excluding hydrogens is 258 g/mol. The Balaban J connectivity index is 1.86. The molecule has 2 heterocycles. The lowest BCUT2D eigenvalue weighted by Gasteiger charge is -2.27. The van der Waals surface area contributed by atoms with E-state index in [2.05, 4.69) is 26.9 Å². The van der Waals surface area contributed by atoms with Crippen molar-refractivity contribution in [3.8, 4) is 5.75 Å². The van der Waals surface area contributed by atoms with Crippen LogP contribution in [0, 0.1) is 4.77 Å². The number of benzene rings is 1. The van der Waals surface area contributed by atoms with Gasteiger partial charge in [0.15, 0.2) is 4.77 Å². The Morgan fingerprint density at radius 2 is 2.11 bits per heavy atom. The highest BCUT2D eigenvalue weighted by Gasteiger charge is 2.33. The second-order valence-electron chi connectivity index (χ2n) is 5.22. The van der Waals surface area contributed by atoms with Crippen molar-refractivity contribution in [3.63, 3.8) is 0 Å². The highest BCUT2D eigenvalue weighted by Crippen LogP contribution is 2.42. The average molecular weight is 273 g/mol. The highest BCUT2D eigenvalue weighted by atomic mass is 32.1. The summed E-state index contributed by atoms with van der Waals surface area (Å²) in [7, 11) is 0. The van der Waals surface area contributed by atoms with Gasteiger partial charge in [-0.2, -0.15) is 5.10 Å². The molecular formula is C14H15N3OS. The Hall–Kier alpha value is -1.62. The predicted molar refractivity (Wildman–Crippen MR) is 74.1 cm³/mol. The zero-order valence-corrected chi connectivity index (χ0v) is 11.3. The second kappa shape index (κ2) is 4.20. The fourth-order valence-corrected chi connectivity index (χ4v) is 3.11. The number of nitrogens with one attached hydrogen (secondary N) is 1. The topological polar surface area (TPSA) is 42.8 Å². The number of para-hydroxylation sites is 1. The summed E-state index contributed by atoms with van der Waals surface area (Å²) in [6.07, 6.45) is 3.40. The van der Waals surface area contributed by atoms with Crippen LogP contribution in [-0.4, -0.2) is 21.4 Å². The monoisotopic (exact) mass is 273 g/mol. The third kappa shape index (κ3) is 1.80. The fraction of sp³-hybridized carbons (Fsp3) is 0.429. The summed E-state index contributed by atoms with van der Waals surface area (Å²) in [5.41, 5.74) is 1.22. The van der Waals surface area contributed by atoms with Gasteiger partial charge in [0.05, 0.1) is 12.6 Å². The zero-order chi connectivity index (χ0) is 12.8. The van der Waals surface area contributed by atoms with Crippen molar-refractivity contribution in [1.29, 1.82) is 0 Å². The molecule has 1 aromatic heterocycles. The number of H-pyrrole nitrogens is 1. The minimum atomic E-state index is 0.256. The number of aromatic nitrogens is 3. The fourth-order valence-electron chi connectivity index (χ4n) is 2.84. The SMILES string of the molecule is S=c1[nH]nc(C2CC2)n1C1CCOc2ccccc21. The van der Waals surface area contributed by atoms with Crippen LogP contribution in [0.5, 0.6) is 5.75 Å². The van der Waals surface area contributed by atoms with Gasteiger partial charge in [-0.05, 0) is 31.1 Å². The number of nitrogens with zero attached hydrogens (tertiary/aromatic N) is 2. The van der Waals surface area contributed by atoms with Crippen molar-refractivity contribution in [2.24, 2.45) is 0 Å². The minimum absolute atomic E-state index is 0.256. The predicted octanol–water partition coefficient (Wildman–Crippen LogP) is 3.19. The van der Waals surface area contributed by atoms with Crippen LogP contribution in [0.4, 0.5) is 0 Å². The summed E-state index contributed by atoms with van der Waals surface area (Å²) in [5.74, 6) is 2.68. The first-order chi connectivity index (χ1) is 9.34. The van der Waals surface area contributed by atoms with Crippen LogP contribution >= 0.6 is 12.2 Å². The van der Waals surface area contributed by atoms with Crippen molar-refractivity contribution in [2.45, 2.75) is 31.2 Å². The van der Waals surface area contributed by atoms with Gasteiger partial charge in [0, 0.05) is 17.9 Å². The van der Waals surface area contributed by atoms with E-state index in [1.54, 1.807) is 0 Å². The second-order valence-corrected chi connectivity index (χ2v) is 5.61. The molecule has 4 nitrogen and oxygen atoms in total. The van der Waals surface area contributed by atoms with Gasteiger partial charge in [-0.3, -0.25) is 9.67 Å². The molecule has 1 N–H and O–H groups in total. The molecule has 1 aromatic carbocycles. The van der Waals surface area contributed by atoms with Crippen LogP contribution in [-0.2, 0) is 0 Å². The summed E-state index contributed by atoms with van der Waals surface area (Å²) in [5, 5.41) is 7.39. The van der Waals surface area contributed by atoms with Gasteiger partial charge in [0.25, 0.3) is 0 Å². The standard InChI is InChI=1S/C14H15N3OS/c19-14-16-15-13(9-5-6-9)17(14)11-7-8-18-12-4-2-1-3-10(11)12/h1-4,9,11H,5-8H2,(H,16,19). The lowest BCUT2D eigenvalue weighted by Crippen LogP contribution is -2.21. The molecule has 19 heavy (non-hydrogen) atoms. The Labute approximate surface area is 116 Å². The van der Waals surface area contributed by atoms with Crippen molar-refractivity contribution >= 4 is 12.2 Å². The van der Waals surface area contributed by atoms with Crippen molar-refractivity contribution in [3.05, 3.63) is 40.4 Å². The lowest BCUT2D eigenvalue weighted by molar-refractivity contribution is 0.254. The van der Waals surface area contributed by atoms with Gasteiger partial charge in [0.1, 0.15) is 11.6 Å². The van der Waals surface area contributed by atoms with Gasteiger partial charge in [-0.1, -0.05) is 18.2 Å². The van der Waals surface area contributed by atoms with Crippen LogP contribution in [0.25, 0.3) is 0 Å². The van der Waals surface area contributed by atoms with Crippen LogP contribution < -0.4 is 4.74 Å². The van der Waals surface area contributed by atoms with Gasteiger partial charge in [-0.25, -0.2) is 0 Å². The number of ether oxygens (including phenoxy) is 1. The Morgan fingerprint density at radius 1 is 1.26 bits per heavy atom. The molecule has 1 aliphatic carbocycles. The molecule has 1 atom stereocenters. The lowest BCUT2D eigenvalue weighted by atomic mass is 10.00. The van der Waals surface area contributed by atoms with E-state index in [4.69, 9.17) is 17.0 Å². The molecule has 4 rings (SSSR count). The first-order valence-electron chi connectivity index (χ1n) is 6.73. The molecule has 0 radical (unpaired) electrons. The van der Waals surface area contributed by atoms with E-state index in [1.807, 2.05) is 12.1 Å². The zero-order valence-electron chi connectivity index (χ0n) is 10.5. The van der Waals surface area contributed by atoms with E-state index in [1.165, 1.54) is 18.4 Å². The maximum absolute atomic E-state index is 5.73. The number of fused-ring (bicyclic) bond motifs is 1. The molecule has 2 aliphatic rings. The average Bonchev–Trinajstić information content (AvgIpc) is 3.22. The Morgan fingerprint density at radius 3 is 2.95 bits per heavy atom. The molecule has 2 aromatic rings. The van der Waals surface area contributed by atoms with Gasteiger partial charge < -0.3 is 4.74 Å². The van der Waals surface area contributed by atoms with Gasteiger partial charge in [-0.15, -0.1) is 0 Å². The maximum Gasteiger partial charge on any atom is 0.195 e. The van der Waals surface area contributed by atoms with Gasteiger partial charge in [0.2, 0.25) is 0 Å². The van der Waals surface area contributed by atoms with Crippen molar-refractivity contribution < 1.29 is 4.74 Å². The van der Waals surface area contributed by atoms with Crippen LogP contribution in [0.1, 0.15) is 42.6 Å². The highest BCUT2D eigenvalue weighted by molar-refractivity contribution is 7.71. The normalized spacial score (nSPS) is 21.8. The largest absolute Gasteiger partial charge is 0.493 e. The van der Waals surface area contributed by atoms with E-state index in [0.29, 0.717) is 5.92 Å². The van der Waals surface area contributed by atoms with E-state index in [-0.39, 0.29) is 6.04 Å². The van der Waals surface area contributed by atoms with E-state index < -0.39 is 0 Å². The van der Waals surface area contributed by atoms with E-state index >= 15 is 0 Å². The van der Waals surface area contributed by atoms with Crippen molar-refractivity contribution in [1.82, 2.24) is 14.8 Å². The summed E-state index contributed by atoms with van der Waals surface area (Å²) in [6.45, 7) is 0.735. The third-order valence-electron chi connectivity index (χ3n) is 3.91. The molecule has 1 unspecified atom stereocenters. The summed E-state index contributed by atoms with van der Waals surface area (Å²) >= 11 is 5.43. The minimum Gasteiger partial charge on any atom is -0.493 e. The molecule has 1 aliphatic heterocycles. The van der Waals surface area contributed by atoms with Crippen LogP contribution in [0.3, 0.4) is 0 Å². The quantitative estimate of drug-likeness (QED) is 0.854. The summed E-state index contributed by atoms with van der Waals surface area (Å²) in [4.78, 5) is 0. The van der Waals surface area contributed by atoms with Gasteiger partial charge >= 0.3 is 0 Å². The smallest absolute Gasteiger partial charge is 0.195 e. The van der Waals surface area contributed by atoms with E-state index in [0.717, 1.165) is 29.4 Å². The number of rotatable bonds is 2. The third-order valence-corrected chi connectivity index (χ3v) is 4.20. The summed E-state index contributed by atoms with van der Waals surface area (Å²) in [6, 6.07) is 8.48. The van der Waals surface area contributed by atoms with Crippen LogP contribution in [0.15, 0.2) is 24.3 Å². The number of hydrogen-bond donors (Lipinski definition) is 1. The maximum atomic E-state index is 5.73. The molecule has 98 valence electrons. The molecule has 0 bridgehead atoms. The molecule has 0 spiro atoms. The van der Waals surface area contributed by atoms with Crippen LogP contribution in [0.2, 0.25) is 0 Å². The first-order valence-corrected chi connectivity index (χ1v) is 7.14. The first kappa shape index (κ1) is 11.2. The molecule has 1 saturated carbocycles. The Kier molecular flexibility index (Phi) is 2.48. The number of aromatic amines is 1. The molecule has 0 saturated heterocycles. The number of hydrogen-bond acceptors (Lipinski definition) is 3. The summed E-state index contributed by atoms with van der Waals surface area (Å²) < 4.78 is 8.66. The Bertz CT molecular complexity index is 671.